The molecule has 1 fully saturated rings. The third-order valence-electron chi connectivity index (χ3n) is 3.28. The van der Waals surface area contributed by atoms with E-state index in [0.717, 1.165) is 25.7 Å². The number of carbonyl (C=O) groups excluding carboxylic acids is 1. The standard InChI is InChI=1S/C13H23NO4/c1-3-5-10(6-4-2)12(15)14-7-8-18-11(9-14)13(16)17/h10-11H,3-9H2,1-2H3,(H,16,17)/t11-/m0/s1. The predicted octanol–water partition coefficient (Wildman–Crippen LogP) is 1.51. The molecule has 1 N–H and O–H groups in total. The van der Waals surface area contributed by atoms with Crippen LogP contribution in [0.3, 0.4) is 0 Å². The summed E-state index contributed by atoms with van der Waals surface area (Å²) < 4.78 is 5.13. The number of aliphatic carboxylic acids is 1. The Morgan fingerprint density at radius 3 is 2.44 bits per heavy atom. The van der Waals surface area contributed by atoms with Crippen LogP contribution in [0.4, 0.5) is 0 Å². The average Bonchev–Trinajstić information content (AvgIpc) is 2.38. The van der Waals surface area contributed by atoms with Crippen LogP contribution in [0.2, 0.25) is 0 Å². The summed E-state index contributed by atoms with van der Waals surface area (Å²) in [6.07, 6.45) is 2.84. The third kappa shape index (κ3) is 3.98. The van der Waals surface area contributed by atoms with Crippen molar-refractivity contribution in [2.75, 3.05) is 19.7 Å². The molecule has 0 aromatic carbocycles. The Hall–Kier alpha value is -1.10. The van der Waals surface area contributed by atoms with Gasteiger partial charge in [0, 0.05) is 12.5 Å². The summed E-state index contributed by atoms with van der Waals surface area (Å²) >= 11 is 0. The fraction of sp³-hybridized carbons (Fsp3) is 0.846. The average molecular weight is 257 g/mol. The molecular weight excluding hydrogens is 234 g/mol. The Morgan fingerprint density at radius 1 is 1.33 bits per heavy atom. The van der Waals surface area contributed by atoms with E-state index in [1.165, 1.54) is 0 Å². The summed E-state index contributed by atoms with van der Waals surface area (Å²) in [5, 5.41) is 8.92. The summed E-state index contributed by atoms with van der Waals surface area (Å²) in [6.45, 7) is 5.13. The van der Waals surface area contributed by atoms with E-state index in [4.69, 9.17) is 9.84 Å². The molecule has 1 rings (SSSR count). The molecule has 18 heavy (non-hydrogen) atoms. The monoisotopic (exact) mass is 257 g/mol. The molecule has 0 aromatic rings. The van der Waals surface area contributed by atoms with Crippen molar-refractivity contribution in [2.24, 2.45) is 5.92 Å². The second-order valence-corrected chi connectivity index (χ2v) is 4.76. The van der Waals surface area contributed by atoms with Crippen LogP contribution in [0, 0.1) is 5.92 Å². The lowest BCUT2D eigenvalue weighted by atomic mass is 9.96. The van der Waals surface area contributed by atoms with Gasteiger partial charge in [-0.05, 0) is 12.8 Å². The SMILES string of the molecule is CCCC(CCC)C(=O)N1CCO[C@H](C(=O)O)C1. The van der Waals surface area contributed by atoms with E-state index < -0.39 is 12.1 Å². The zero-order valence-electron chi connectivity index (χ0n) is 11.2. The van der Waals surface area contributed by atoms with Gasteiger partial charge in [-0.15, -0.1) is 0 Å². The van der Waals surface area contributed by atoms with E-state index in [9.17, 15) is 9.59 Å². The second-order valence-electron chi connectivity index (χ2n) is 4.76. The summed E-state index contributed by atoms with van der Waals surface area (Å²) in [4.78, 5) is 24.9. The quantitative estimate of drug-likeness (QED) is 0.783. The first kappa shape index (κ1) is 15.0. The molecule has 1 heterocycles. The summed E-state index contributed by atoms with van der Waals surface area (Å²) in [5.74, 6) is -0.865. The molecule has 0 aromatic heterocycles. The zero-order valence-corrected chi connectivity index (χ0v) is 11.2. The fourth-order valence-electron chi connectivity index (χ4n) is 2.35. The highest BCUT2D eigenvalue weighted by molar-refractivity contribution is 5.80. The largest absolute Gasteiger partial charge is 0.479 e. The van der Waals surface area contributed by atoms with Crippen molar-refractivity contribution in [2.45, 2.75) is 45.6 Å². The minimum Gasteiger partial charge on any atom is -0.479 e. The van der Waals surface area contributed by atoms with E-state index in [-0.39, 0.29) is 18.4 Å². The molecule has 0 saturated carbocycles. The molecule has 1 saturated heterocycles. The van der Waals surface area contributed by atoms with Gasteiger partial charge < -0.3 is 14.7 Å². The zero-order chi connectivity index (χ0) is 13.5. The summed E-state index contributed by atoms with van der Waals surface area (Å²) in [5.41, 5.74) is 0. The van der Waals surface area contributed by atoms with Gasteiger partial charge in [-0.25, -0.2) is 4.79 Å². The summed E-state index contributed by atoms with van der Waals surface area (Å²) in [6, 6.07) is 0. The maximum absolute atomic E-state index is 12.3. The molecule has 5 nitrogen and oxygen atoms in total. The maximum atomic E-state index is 12.3. The van der Waals surface area contributed by atoms with Crippen LogP contribution in [0.1, 0.15) is 39.5 Å². The number of hydrogen-bond donors (Lipinski definition) is 1. The number of carbonyl (C=O) groups is 2. The van der Waals surface area contributed by atoms with Crippen LogP contribution in [0.25, 0.3) is 0 Å². The van der Waals surface area contributed by atoms with Gasteiger partial charge in [0.2, 0.25) is 5.91 Å². The Kier molecular flexibility index (Phi) is 6.12. The molecule has 5 heteroatoms. The molecule has 1 aliphatic heterocycles. The van der Waals surface area contributed by atoms with Crippen molar-refractivity contribution in [1.82, 2.24) is 4.90 Å². The van der Waals surface area contributed by atoms with Gasteiger partial charge in [0.25, 0.3) is 0 Å². The molecule has 0 bridgehead atoms. The van der Waals surface area contributed by atoms with Gasteiger partial charge in [0.1, 0.15) is 0 Å². The molecule has 0 spiro atoms. The van der Waals surface area contributed by atoms with Gasteiger partial charge >= 0.3 is 5.97 Å². The minimum absolute atomic E-state index is 0.0348. The van der Waals surface area contributed by atoms with E-state index >= 15 is 0 Å². The van der Waals surface area contributed by atoms with Crippen LogP contribution in [-0.4, -0.2) is 47.7 Å². The molecular formula is C13H23NO4. The van der Waals surface area contributed by atoms with Crippen molar-refractivity contribution in [3.8, 4) is 0 Å². The first-order valence-corrected chi connectivity index (χ1v) is 6.73. The van der Waals surface area contributed by atoms with Crippen LogP contribution in [0.15, 0.2) is 0 Å². The van der Waals surface area contributed by atoms with E-state index in [2.05, 4.69) is 13.8 Å². The molecule has 1 atom stereocenters. The van der Waals surface area contributed by atoms with E-state index in [1.807, 2.05) is 0 Å². The number of hydrogen-bond acceptors (Lipinski definition) is 3. The molecule has 1 aliphatic rings. The molecule has 0 aliphatic carbocycles. The number of ether oxygens (including phenoxy) is 1. The molecule has 0 radical (unpaired) electrons. The van der Waals surface area contributed by atoms with Gasteiger partial charge in [-0.1, -0.05) is 26.7 Å². The first-order valence-electron chi connectivity index (χ1n) is 6.73. The Balaban J connectivity index is 2.60. The van der Waals surface area contributed by atoms with Crippen molar-refractivity contribution in [3.05, 3.63) is 0 Å². The third-order valence-corrected chi connectivity index (χ3v) is 3.28. The highest BCUT2D eigenvalue weighted by atomic mass is 16.5. The molecule has 0 unspecified atom stereocenters. The molecule has 1 amide bonds. The molecule has 104 valence electrons. The fourth-order valence-corrected chi connectivity index (χ4v) is 2.35. The lowest BCUT2D eigenvalue weighted by Gasteiger charge is -2.33. The number of rotatable bonds is 6. The topological polar surface area (TPSA) is 66.8 Å². The van der Waals surface area contributed by atoms with Gasteiger partial charge in [0.15, 0.2) is 6.10 Å². The highest BCUT2D eigenvalue weighted by Crippen LogP contribution is 2.18. The number of carboxylic acid groups (broad SMARTS) is 1. The van der Waals surface area contributed by atoms with Crippen LogP contribution in [-0.2, 0) is 14.3 Å². The van der Waals surface area contributed by atoms with Crippen molar-refractivity contribution in [3.63, 3.8) is 0 Å². The Labute approximate surface area is 108 Å². The lowest BCUT2D eigenvalue weighted by Crippen LogP contribution is -2.50. The van der Waals surface area contributed by atoms with Crippen molar-refractivity contribution in [1.29, 1.82) is 0 Å². The second kappa shape index (κ2) is 7.36. The normalized spacial score (nSPS) is 20.2. The van der Waals surface area contributed by atoms with Crippen LogP contribution in [0.5, 0.6) is 0 Å². The predicted molar refractivity (Wildman–Crippen MR) is 67.3 cm³/mol. The van der Waals surface area contributed by atoms with E-state index in [1.54, 1.807) is 4.90 Å². The maximum Gasteiger partial charge on any atom is 0.334 e. The van der Waals surface area contributed by atoms with E-state index in [0.29, 0.717) is 13.2 Å². The van der Waals surface area contributed by atoms with Gasteiger partial charge in [-0.2, -0.15) is 0 Å². The van der Waals surface area contributed by atoms with Crippen molar-refractivity contribution >= 4 is 11.9 Å². The number of carboxylic acids is 1. The Morgan fingerprint density at radius 2 is 1.94 bits per heavy atom. The van der Waals surface area contributed by atoms with Crippen LogP contribution < -0.4 is 0 Å². The van der Waals surface area contributed by atoms with Crippen LogP contribution >= 0.6 is 0 Å². The minimum atomic E-state index is -0.991. The number of amides is 1. The first-order chi connectivity index (χ1) is 8.60. The lowest BCUT2D eigenvalue weighted by molar-refractivity contribution is -0.160. The number of nitrogens with zero attached hydrogens (tertiary/aromatic N) is 1. The number of morpholine rings is 1. The van der Waals surface area contributed by atoms with Crippen molar-refractivity contribution < 1.29 is 19.4 Å². The summed E-state index contributed by atoms with van der Waals surface area (Å²) in [7, 11) is 0. The highest BCUT2D eigenvalue weighted by Gasteiger charge is 2.31. The Bertz CT molecular complexity index is 287. The smallest absolute Gasteiger partial charge is 0.334 e. The van der Waals surface area contributed by atoms with Gasteiger partial charge in [0.05, 0.1) is 13.2 Å². The van der Waals surface area contributed by atoms with Gasteiger partial charge in [-0.3, -0.25) is 4.79 Å².